The standard InChI is InChI=1S/C24H22ClNO6/c1-29-20-6-4-3-5-19(20)26-23(27)15-32-24(28)17-9-12-21(22(13-17)30-2)31-14-16-7-10-18(25)11-8-16/h3-13H,14-15H2,1-2H3,(H,26,27). The van der Waals surface area contributed by atoms with Crippen LogP contribution in [-0.4, -0.2) is 32.7 Å². The number of benzene rings is 3. The van der Waals surface area contributed by atoms with Crippen LogP contribution in [-0.2, 0) is 16.1 Å². The second kappa shape index (κ2) is 11.1. The van der Waals surface area contributed by atoms with Crippen molar-refractivity contribution in [1.29, 1.82) is 0 Å². The highest BCUT2D eigenvalue weighted by molar-refractivity contribution is 6.30. The number of para-hydroxylation sites is 2. The van der Waals surface area contributed by atoms with E-state index in [9.17, 15) is 9.59 Å². The maximum Gasteiger partial charge on any atom is 0.338 e. The van der Waals surface area contributed by atoms with Crippen LogP contribution in [0, 0.1) is 0 Å². The predicted molar refractivity (Wildman–Crippen MR) is 121 cm³/mol. The van der Waals surface area contributed by atoms with E-state index in [-0.39, 0.29) is 5.56 Å². The Bertz CT molecular complexity index is 1080. The van der Waals surface area contributed by atoms with Crippen LogP contribution in [0.1, 0.15) is 15.9 Å². The highest BCUT2D eigenvalue weighted by Crippen LogP contribution is 2.29. The number of methoxy groups -OCH3 is 2. The molecule has 8 heteroatoms. The molecule has 1 N–H and O–H groups in total. The first kappa shape index (κ1) is 23.0. The number of nitrogens with one attached hydrogen (secondary N) is 1. The van der Waals surface area contributed by atoms with Crippen LogP contribution in [0.2, 0.25) is 5.02 Å². The molecule has 0 unspecified atom stereocenters. The zero-order valence-corrected chi connectivity index (χ0v) is 18.3. The molecule has 0 bridgehead atoms. The normalized spacial score (nSPS) is 10.2. The zero-order chi connectivity index (χ0) is 22.9. The van der Waals surface area contributed by atoms with Gasteiger partial charge in [-0.15, -0.1) is 0 Å². The van der Waals surface area contributed by atoms with Crippen LogP contribution in [0.5, 0.6) is 17.2 Å². The third kappa shape index (κ3) is 6.15. The molecule has 3 aromatic carbocycles. The smallest absolute Gasteiger partial charge is 0.338 e. The van der Waals surface area contributed by atoms with Crippen LogP contribution < -0.4 is 19.5 Å². The van der Waals surface area contributed by atoms with Gasteiger partial charge in [-0.25, -0.2) is 4.79 Å². The molecular formula is C24H22ClNO6. The molecule has 0 aliphatic heterocycles. The maximum absolute atomic E-state index is 12.4. The van der Waals surface area contributed by atoms with Gasteiger partial charge in [0.1, 0.15) is 12.4 Å². The first-order valence-corrected chi connectivity index (χ1v) is 10.0. The predicted octanol–water partition coefficient (Wildman–Crippen LogP) is 4.73. The molecule has 3 aromatic rings. The molecule has 0 heterocycles. The summed E-state index contributed by atoms with van der Waals surface area (Å²) < 4.78 is 21.4. The highest BCUT2D eigenvalue weighted by atomic mass is 35.5. The molecule has 166 valence electrons. The molecule has 0 radical (unpaired) electrons. The number of rotatable bonds is 9. The fraction of sp³-hybridized carbons (Fsp3) is 0.167. The SMILES string of the molecule is COc1ccccc1NC(=O)COC(=O)c1ccc(OCc2ccc(Cl)cc2)c(OC)c1. The topological polar surface area (TPSA) is 83.1 Å². The van der Waals surface area contributed by atoms with Gasteiger partial charge in [-0.3, -0.25) is 4.79 Å². The van der Waals surface area contributed by atoms with E-state index < -0.39 is 18.5 Å². The lowest BCUT2D eigenvalue weighted by molar-refractivity contribution is -0.119. The Hall–Kier alpha value is -3.71. The monoisotopic (exact) mass is 455 g/mol. The lowest BCUT2D eigenvalue weighted by atomic mass is 10.2. The number of ether oxygens (including phenoxy) is 4. The molecule has 0 aliphatic rings. The van der Waals surface area contributed by atoms with Crippen LogP contribution in [0.4, 0.5) is 5.69 Å². The van der Waals surface area contributed by atoms with Crippen molar-refractivity contribution in [3.05, 3.63) is 82.9 Å². The Labute approximate surface area is 190 Å². The number of carbonyl (C=O) groups excluding carboxylic acids is 2. The number of hydrogen-bond donors (Lipinski definition) is 1. The minimum Gasteiger partial charge on any atom is -0.495 e. The summed E-state index contributed by atoms with van der Waals surface area (Å²) in [7, 11) is 2.97. The molecule has 1 amide bonds. The Morgan fingerprint density at radius 3 is 2.31 bits per heavy atom. The lowest BCUT2D eigenvalue weighted by Gasteiger charge is -2.13. The van der Waals surface area contributed by atoms with Gasteiger partial charge in [0.2, 0.25) is 0 Å². The van der Waals surface area contributed by atoms with E-state index in [1.807, 2.05) is 12.1 Å². The summed E-state index contributed by atoms with van der Waals surface area (Å²) in [6.07, 6.45) is 0. The van der Waals surface area contributed by atoms with Crippen molar-refractivity contribution in [1.82, 2.24) is 0 Å². The molecule has 7 nitrogen and oxygen atoms in total. The Kier molecular flexibility index (Phi) is 7.94. The van der Waals surface area contributed by atoms with Crippen molar-refractivity contribution in [3.63, 3.8) is 0 Å². The molecule has 32 heavy (non-hydrogen) atoms. The molecule has 0 fully saturated rings. The van der Waals surface area contributed by atoms with Gasteiger partial charge in [0.25, 0.3) is 5.91 Å². The average Bonchev–Trinajstić information content (AvgIpc) is 2.82. The van der Waals surface area contributed by atoms with Crippen molar-refractivity contribution < 1.29 is 28.5 Å². The highest BCUT2D eigenvalue weighted by Gasteiger charge is 2.15. The van der Waals surface area contributed by atoms with E-state index in [1.54, 1.807) is 48.5 Å². The lowest BCUT2D eigenvalue weighted by Crippen LogP contribution is -2.21. The Morgan fingerprint density at radius 2 is 1.59 bits per heavy atom. The van der Waals surface area contributed by atoms with E-state index in [4.69, 9.17) is 30.5 Å². The first-order chi connectivity index (χ1) is 15.5. The number of hydrogen-bond acceptors (Lipinski definition) is 6. The van der Waals surface area contributed by atoms with Gasteiger partial charge in [0.15, 0.2) is 18.1 Å². The number of esters is 1. The minimum atomic E-state index is -0.664. The minimum absolute atomic E-state index is 0.228. The quantitative estimate of drug-likeness (QED) is 0.469. The summed E-state index contributed by atoms with van der Waals surface area (Å²) in [5, 5.41) is 3.29. The molecule has 0 aliphatic carbocycles. The number of carbonyl (C=O) groups is 2. The van der Waals surface area contributed by atoms with E-state index in [0.29, 0.717) is 34.6 Å². The summed E-state index contributed by atoms with van der Waals surface area (Å²) in [6, 6.07) is 18.9. The van der Waals surface area contributed by atoms with Crippen LogP contribution in [0.3, 0.4) is 0 Å². The van der Waals surface area contributed by atoms with Crippen molar-refractivity contribution in [2.24, 2.45) is 0 Å². The molecule has 0 saturated heterocycles. The van der Waals surface area contributed by atoms with Gasteiger partial charge >= 0.3 is 5.97 Å². The number of halogens is 1. The summed E-state index contributed by atoms with van der Waals surface area (Å²) in [6.45, 7) is -0.144. The first-order valence-electron chi connectivity index (χ1n) is 9.65. The molecule has 0 atom stereocenters. The molecular weight excluding hydrogens is 434 g/mol. The second-order valence-corrected chi connectivity index (χ2v) is 7.04. The van der Waals surface area contributed by atoms with Crippen LogP contribution in [0.15, 0.2) is 66.7 Å². The van der Waals surface area contributed by atoms with Crippen molar-refractivity contribution in [2.45, 2.75) is 6.61 Å². The van der Waals surface area contributed by atoms with Crippen molar-refractivity contribution in [3.8, 4) is 17.2 Å². The Balaban J connectivity index is 1.57. The summed E-state index contributed by atoms with van der Waals surface area (Å²) in [5.41, 5.74) is 1.65. The van der Waals surface area contributed by atoms with Crippen LogP contribution >= 0.6 is 11.6 Å². The van der Waals surface area contributed by atoms with Gasteiger partial charge in [0, 0.05) is 5.02 Å². The van der Waals surface area contributed by atoms with Crippen LogP contribution in [0.25, 0.3) is 0 Å². The third-order valence-corrected chi connectivity index (χ3v) is 4.67. The fourth-order valence-corrected chi connectivity index (χ4v) is 2.93. The summed E-state index contributed by atoms with van der Waals surface area (Å²) in [4.78, 5) is 24.5. The number of anilines is 1. The summed E-state index contributed by atoms with van der Waals surface area (Å²) >= 11 is 5.89. The molecule has 3 rings (SSSR count). The van der Waals surface area contributed by atoms with Gasteiger partial charge in [-0.2, -0.15) is 0 Å². The van der Waals surface area contributed by atoms with E-state index >= 15 is 0 Å². The second-order valence-electron chi connectivity index (χ2n) is 6.61. The van der Waals surface area contributed by atoms with Crippen molar-refractivity contribution >= 4 is 29.2 Å². The van der Waals surface area contributed by atoms with E-state index in [2.05, 4.69) is 5.32 Å². The zero-order valence-electron chi connectivity index (χ0n) is 17.6. The maximum atomic E-state index is 12.4. The number of amides is 1. The van der Waals surface area contributed by atoms with Gasteiger partial charge in [-0.05, 0) is 48.0 Å². The van der Waals surface area contributed by atoms with Gasteiger partial charge in [-0.1, -0.05) is 35.9 Å². The average molecular weight is 456 g/mol. The third-order valence-electron chi connectivity index (χ3n) is 4.42. The molecule has 0 aromatic heterocycles. The fourth-order valence-electron chi connectivity index (χ4n) is 2.80. The van der Waals surface area contributed by atoms with E-state index in [0.717, 1.165) is 5.56 Å². The summed E-state index contributed by atoms with van der Waals surface area (Å²) in [5.74, 6) is 0.186. The van der Waals surface area contributed by atoms with Crippen molar-refractivity contribution in [2.75, 3.05) is 26.1 Å². The molecule has 0 spiro atoms. The van der Waals surface area contributed by atoms with Gasteiger partial charge < -0.3 is 24.3 Å². The van der Waals surface area contributed by atoms with Gasteiger partial charge in [0.05, 0.1) is 25.5 Å². The molecule has 0 saturated carbocycles. The van der Waals surface area contributed by atoms with E-state index in [1.165, 1.54) is 20.3 Å². The Morgan fingerprint density at radius 1 is 0.875 bits per heavy atom. The largest absolute Gasteiger partial charge is 0.495 e.